The number of nitrogens with zero attached hydrogens (tertiary/aromatic N) is 2. The Balaban J connectivity index is 2.13. The van der Waals surface area contributed by atoms with Crippen LogP contribution in [0.4, 0.5) is 0 Å². The van der Waals surface area contributed by atoms with Crippen LogP contribution in [0.3, 0.4) is 0 Å². The highest BCUT2D eigenvalue weighted by Gasteiger charge is 2.44. The minimum Gasteiger partial charge on any atom is -0.375 e. The van der Waals surface area contributed by atoms with E-state index in [1.54, 1.807) is 0 Å². The molecule has 0 radical (unpaired) electrons. The van der Waals surface area contributed by atoms with Crippen LogP contribution in [-0.2, 0) is 11.3 Å². The van der Waals surface area contributed by atoms with E-state index in [1.165, 1.54) is 5.56 Å². The molecule has 20 heavy (non-hydrogen) atoms. The average Bonchev–Trinajstić information content (AvgIpc) is 2.48. The Morgan fingerprint density at radius 3 is 2.90 bits per heavy atom. The predicted molar refractivity (Wildman–Crippen MR) is 81.4 cm³/mol. The zero-order chi connectivity index (χ0) is 14.6. The summed E-state index contributed by atoms with van der Waals surface area (Å²) in [6, 6.07) is 4.10. The molecule has 1 saturated heterocycles. The molecule has 0 aliphatic carbocycles. The number of rotatable bonds is 5. The van der Waals surface area contributed by atoms with E-state index in [0.29, 0.717) is 6.54 Å². The van der Waals surface area contributed by atoms with Crippen LogP contribution in [0.1, 0.15) is 38.7 Å². The summed E-state index contributed by atoms with van der Waals surface area (Å²) in [6.45, 7) is 6.73. The molecular formula is C16H27N3O. The van der Waals surface area contributed by atoms with E-state index in [0.717, 1.165) is 32.4 Å². The van der Waals surface area contributed by atoms with Crippen molar-refractivity contribution in [2.24, 2.45) is 5.73 Å². The largest absolute Gasteiger partial charge is 0.375 e. The smallest absolute Gasteiger partial charge is 0.0670 e. The molecule has 4 nitrogen and oxygen atoms in total. The minimum absolute atomic E-state index is 0.0266. The second-order valence-electron chi connectivity index (χ2n) is 6.22. The molecule has 1 aliphatic heterocycles. The normalized spacial score (nSPS) is 30.6. The molecule has 1 aromatic rings. The first-order chi connectivity index (χ1) is 9.53. The van der Waals surface area contributed by atoms with Gasteiger partial charge in [0.1, 0.15) is 0 Å². The Bertz CT molecular complexity index is 425. The molecule has 1 aliphatic rings. The summed E-state index contributed by atoms with van der Waals surface area (Å²) in [7, 11) is 2.17. The molecule has 2 N–H and O–H groups in total. The molecule has 1 fully saturated rings. The van der Waals surface area contributed by atoms with Gasteiger partial charge in [0.05, 0.1) is 5.60 Å². The van der Waals surface area contributed by atoms with Crippen molar-refractivity contribution < 1.29 is 4.74 Å². The van der Waals surface area contributed by atoms with Crippen LogP contribution in [0.25, 0.3) is 0 Å². The fourth-order valence-corrected chi connectivity index (χ4v) is 3.14. The summed E-state index contributed by atoms with van der Waals surface area (Å²) < 4.78 is 5.98. The van der Waals surface area contributed by atoms with Gasteiger partial charge in [0.25, 0.3) is 0 Å². The summed E-state index contributed by atoms with van der Waals surface area (Å²) >= 11 is 0. The zero-order valence-corrected chi connectivity index (χ0v) is 12.9. The van der Waals surface area contributed by atoms with Crippen molar-refractivity contribution in [1.82, 2.24) is 9.88 Å². The molecule has 2 heterocycles. The monoisotopic (exact) mass is 277 g/mol. The van der Waals surface area contributed by atoms with Gasteiger partial charge in [-0.25, -0.2) is 0 Å². The van der Waals surface area contributed by atoms with E-state index in [1.807, 2.05) is 18.5 Å². The second-order valence-corrected chi connectivity index (χ2v) is 6.22. The average molecular weight is 277 g/mol. The predicted octanol–water partition coefficient (Wildman–Crippen LogP) is 2.19. The molecule has 4 heteroatoms. The maximum Gasteiger partial charge on any atom is 0.0670 e. The Morgan fingerprint density at radius 1 is 1.50 bits per heavy atom. The Morgan fingerprint density at radius 2 is 2.30 bits per heavy atom. The summed E-state index contributed by atoms with van der Waals surface area (Å²) in [5, 5.41) is 0. The number of ether oxygens (including phenoxy) is 1. The lowest BCUT2D eigenvalue weighted by Gasteiger charge is -2.50. The Hall–Kier alpha value is -0.970. The van der Waals surface area contributed by atoms with Gasteiger partial charge < -0.3 is 10.5 Å². The van der Waals surface area contributed by atoms with Crippen molar-refractivity contribution in [3.63, 3.8) is 0 Å². The Labute approximate surface area is 122 Å². The summed E-state index contributed by atoms with van der Waals surface area (Å²) in [5.41, 5.74) is 7.36. The van der Waals surface area contributed by atoms with Crippen LogP contribution in [-0.4, -0.2) is 41.2 Å². The van der Waals surface area contributed by atoms with Crippen molar-refractivity contribution in [2.45, 2.75) is 50.8 Å². The van der Waals surface area contributed by atoms with Crippen molar-refractivity contribution in [3.05, 3.63) is 30.1 Å². The van der Waals surface area contributed by atoms with Gasteiger partial charge in [0, 0.05) is 37.6 Å². The lowest BCUT2D eigenvalue weighted by atomic mass is 9.78. The highest BCUT2D eigenvalue weighted by atomic mass is 16.5. The van der Waals surface area contributed by atoms with E-state index in [9.17, 15) is 0 Å². The van der Waals surface area contributed by atoms with Gasteiger partial charge in [-0.05, 0) is 44.9 Å². The zero-order valence-electron chi connectivity index (χ0n) is 12.9. The lowest BCUT2D eigenvalue weighted by Crippen LogP contribution is -2.59. The fourth-order valence-electron chi connectivity index (χ4n) is 3.14. The molecule has 2 atom stereocenters. The minimum atomic E-state index is -0.0547. The van der Waals surface area contributed by atoms with Crippen LogP contribution >= 0.6 is 0 Å². The van der Waals surface area contributed by atoms with E-state index in [4.69, 9.17) is 10.5 Å². The molecule has 0 aromatic carbocycles. The standard InChI is InChI=1S/C16H27N3O/c1-4-15(2)12-16(13-17,7-9-20-15)19(3)11-14-6-5-8-18-10-14/h5-6,8,10H,4,7,9,11-13,17H2,1-3H3. The lowest BCUT2D eigenvalue weighted by molar-refractivity contribution is -0.126. The van der Waals surface area contributed by atoms with Crippen molar-refractivity contribution in [2.75, 3.05) is 20.2 Å². The molecule has 1 aromatic heterocycles. The molecule has 2 rings (SSSR count). The third-order valence-corrected chi connectivity index (χ3v) is 4.80. The molecule has 0 spiro atoms. The van der Waals surface area contributed by atoms with E-state index >= 15 is 0 Å². The molecule has 0 saturated carbocycles. The van der Waals surface area contributed by atoms with Crippen LogP contribution in [0.5, 0.6) is 0 Å². The van der Waals surface area contributed by atoms with Crippen LogP contribution < -0.4 is 5.73 Å². The van der Waals surface area contributed by atoms with E-state index in [-0.39, 0.29) is 11.1 Å². The highest BCUT2D eigenvalue weighted by molar-refractivity contribution is 5.10. The van der Waals surface area contributed by atoms with Gasteiger partial charge in [-0.3, -0.25) is 9.88 Å². The van der Waals surface area contributed by atoms with Gasteiger partial charge in [0.15, 0.2) is 0 Å². The molecule has 0 bridgehead atoms. The highest BCUT2D eigenvalue weighted by Crippen LogP contribution is 2.37. The first-order valence-electron chi connectivity index (χ1n) is 7.48. The number of likely N-dealkylation sites (N-methyl/N-ethyl adjacent to an activating group) is 1. The quantitative estimate of drug-likeness (QED) is 0.896. The van der Waals surface area contributed by atoms with Gasteiger partial charge in [-0.15, -0.1) is 0 Å². The van der Waals surface area contributed by atoms with Gasteiger partial charge in [-0.2, -0.15) is 0 Å². The molecular weight excluding hydrogens is 250 g/mol. The van der Waals surface area contributed by atoms with Gasteiger partial charge in [-0.1, -0.05) is 13.0 Å². The van der Waals surface area contributed by atoms with Crippen molar-refractivity contribution >= 4 is 0 Å². The topological polar surface area (TPSA) is 51.4 Å². The fraction of sp³-hybridized carbons (Fsp3) is 0.688. The first kappa shape index (κ1) is 15.4. The second kappa shape index (κ2) is 6.20. The van der Waals surface area contributed by atoms with Crippen molar-refractivity contribution in [1.29, 1.82) is 0 Å². The number of hydrogen-bond donors (Lipinski definition) is 1. The number of aromatic nitrogens is 1. The van der Waals surface area contributed by atoms with Crippen LogP contribution in [0, 0.1) is 0 Å². The SMILES string of the molecule is CCC1(C)CC(CN)(N(C)Cc2cccnc2)CCO1. The Kier molecular flexibility index (Phi) is 4.78. The maximum absolute atomic E-state index is 6.16. The summed E-state index contributed by atoms with van der Waals surface area (Å²) in [5.74, 6) is 0. The van der Waals surface area contributed by atoms with E-state index in [2.05, 4.69) is 36.8 Å². The molecule has 0 amide bonds. The van der Waals surface area contributed by atoms with Crippen LogP contribution in [0.15, 0.2) is 24.5 Å². The van der Waals surface area contributed by atoms with Crippen LogP contribution in [0.2, 0.25) is 0 Å². The maximum atomic E-state index is 6.16. The molecule has 112 valence electrons. The number of hydrogen-bond acceptors (Lipinski definition) is 4. The third-order valence-electron chi connectivity index (χ3n) is 4.80. The summed E-state index contributed by atoms with van der Waals surface area (Å²) in [4.78, 5) is 6.58. The van der Waals surface area contributed by atoms with Gasteiger partial charge in [0.2, 0.25) is 0 Å². The van der Waals surface area contributed by atoms with Gasteiger partial charge >= 0.3 is 0 Å². The van der Waals surface area contributed by atoms with Crippen molar-refractivity contribution in [3.8, 4) is 0 Å². The first-order valence-corrected chi connectivity index (χ1v) is 7.48. The third kappa shape index (κ3) is 3.19. The molecule has 2 unspecified atom stereocenters. The van der Waals surface area contributed by atoms with E-state index < -0.39 is 0 Å². The number of nitrogens with two attached hydrogens (primary N) is 1. The number of pyridine rings is 1. The summed E-state index contributed by atoms with van der Waals surface area (Å²) in [6.07, 6.45) is 6.75.